The van der Waals surface area contributed by atoms with Crippen LogP contribution in [0.15, 0.2) is 18.2 Å². The zero-order valence-corrected chi connectivity index (χ0v) is 7.28. The van der Waals surface area contributed by atoms with E-state index in [0.29, 0.717) is 12.2 Å². The fourth-order valence-electron chi connectivity index (χ4n) is 0.800. The van der Waals surface area contributed by atoms with Crippen molar-refractivity contribution in [3.8, 4) is 11.5 Å². The molecule has 0 aliphatic carbocycles. The molecule has 0 saturated carbocycles. The first-order valence-corrected chi connectivity index (χ1v) is 3.92. The summed E-state index contributed by atoms with van der Waals surface area (Å²) < 4.78 is 4.87. The number of nitrogens with two attached hydrogens (primary N) is 1. The molecule has 70 valence electrons. The SMILES string of the molecule is CCC(=O)Oc1ccc(O)c(N)c1. The molecule has 0 saturated heterocycles. The number of benzene rings is 1. The van der Waals surface area contributed by atoms with Crippen molar-refractivity contribution in [2.75, 3.05) is 5.73 Å². The van der Waals surface area contributed by atoms with Gasteiger partial charge < -0.3 is 15.6 Å². The third-order valence-electron chi connectivity index (χ3n) is 1.52. The van der Waals surface area contributed by atoms with Gasteiger partial charge in [0.15, 0.2) is 0 Å². The van der Waals surface area contributed by atoms with E-state index in [0.717, 1.165) is 0 Å². The lowest BCUT2D eigenvalue weighted by Gasteiger charge is -2.04. The maximum atomic E-state index is 10.9. The van der Waals surface area contributed by atoms with Crippen LogP contribution in [-0.2, 0) is 4.79 Å². The number of carbonyl (C=O) groups is 1. The molecule has 1 aromatic carbocycles. The summed E-state index contributed by atoms with van der Waals surface area (Å²) in [6.07, 6.45) is 0.306. The number of hydrogen-bond donors (Lipinski definition) is 2. The molecule has 13 heavy (non-hydrogen) atoms. The Bertz CT molecular complexity index is 323. The largest absolute Gasteiger partial charge is 0.506 e. The van der Waals surface area contributed by atoms with Crippen LogP contribution in [0.4, 0.5) is 5.69 Å². The average Bonchev–Trinajstić information content (AvgIpc) is 2.11. The van der Waals surface area contributed by atoms with Crippen LogP contribution in [-0.4, -0.2) is 11.1 Å². The van der Waals surface area contributed by atoms with Gasteiger partial charge in [-0.05, 0) is 12.1 Å². The van der Waals surface area contributed by atoms with Gasteiger partial charge in [0.2, 0.25) is 0 Å². The molecule has 0 amide bonds. The molecule has 0 heterocycles. The Morgan fingerprint density at radius 3 is 2.85 bits per heavy atom. The van der Waals surface area contributed by atoms with Crippen molar-refractivity contribution in [2.24, 2.45) is 0 Å². The summed E-state index contributed by atoms with van der Waals surface area (Å²) in [7, 11) is 0. The fraction of sp³-hybridized carbons (Fsp3) is 0.222. The zero-order valence-electron chi connectivity index (χ0n) is 7.28. The van der Waals surface area contributed by atoms with Crippen LogP contribution in [0.5, 0.6) is 11.5 Å². The topological polar surface area (TPSA) is 72.5 Å². The number of aromatic hydroxyl groups is 1. The summed E-state index contributed by atoms with van der Waals surface area (Å²) in [4.78, 5) is 10.9. The Morgan fingerprint density at radius 2 is 2.31 bits per heavy atom. The maximum absolute atomic E-state index is 10.9. The number of phenols is 1. The van der Waals surface area contributed by atoms with Gasteiger partial charge in [-0.3, -0.25) is 4.79 Å². The number of ether oxygens (including phenoxy) is 1. The van der Waals surface area contributed by atoms with Gasteiger partial charge in [-0.2, -0.15) is 0 Å². The van der Waals surface area contributed by atoms with Crippen molar-refractivity contribution in [3.05, 3.63) is 18.2 Å². The summed E-state index contributed by atoms with van der Waals surface area (Å²) in [5.74, 6) is 0.00328. The predicted octanol–water partition coefficient (Wildman–Crippen LogP) is 1.29. The van der Waals surface area contributed by atoms with Crippen molar-refractivity contribution in [3.63, 3.8) is 0 Å². The fourth-order valence-corrected chi connectivity index (χ4v) is 0.800. The number of carbonyl (C=O) groups excluding carboxylic acids is 1. The summed E-state index contributed by atoms with van der Waals surface area (Å²) in [6.45, 7) is 1.70. The van der Waals surface area contributed by atoms with Gasteiger partial charge in [-0.25, -0.2) is 0 Å². The number of nitrogen functional groups attached to an aromatic ring is 1. The third kappa shape index (κ3) is 2.37. The second kappa shape index (κ2) is 3.80. The highest BCUT2D eigenvalue weighted by Gasteiger charge is 2.03. The molecule has 0 aromatic heterocycles. The Kier molecular flexibility index (Phi) is 2.74. The second-order valence-corrected chi connectivity index (χ2v) is 2.55. The molecule has 1 aromatic rings. The van der Waals surface area contributed by atoms with Crippen LogP contribution in [0.25, 0.3) is 0 Å². The molecule has 0 aliphatic rings. The number of phenolic OH excluding ortho intramolecular Hbond substituents is 1. The van der Waals surface area contributed by atoms with E-state index in [1.807, 2.05) is 0 Å². The normalized spacial score (nSPS) is 9.62. The van der Waals surface area contributed by atoms with Crippen molar-refractivity contribution in [2.45, 2.75) is 13.3 Å². The minimum atomic E-state index is -0.329. The highest BCUT2D eigenvalue weighted by Crippen LogP contribution is 2.24. The number of anilines is 1. The van der Waals surface area contributed by atoms with E-state index in [1.165, 1.54) is 18.2 Å². The Hall–Kier alpha value is -1.71. The Balaban J connectivity index is 2.79. The van der Waals surface area contributed by atoms with Crippen molar-refractivity contribution in [1.29, 1.82) is 0 Å². The van der Waals surface area contributed by atoms with E-state index in [9.17, 15) is 4.79 Å². The maximum Gasteiger partial charge on any atom is 0.310 e. The van der Waals surface area contributed by atoms with E-state index < -0.39 is 0 Å². The summed E-state index contributed by atoms with van der Waals surface area (Å²) in [5, 5.41) is 9.07. The van der Waals surface area contributed by atoms with Crippen LogP contribution in [0.1, 0.15) is 13.3 Å². The number of esters is 1. The van der Waals surface area contributed by atoms with Crippen LogP contribution in [0, 0.1) is 0 Å². The zero-order chi connectivity index (χ0) is 9.84. The van der Waals surface area contributed by atoms with Crippen molar-refractivity contribution in [1.82, 2.24) is 0 Å². The lowest BCUT2D eigenvalue weighted by Crippen LogP contribution is -2.05. The van der Waals surface area contributed by atoms with Crippen molar-refractivity contribution >= 4 is 11.7 Å². The predicted molar refractivity (Wildman–Crippen MR) is 48.4 cm³/mol. The van der Waals surface area contributed by atoms with Crippen LogP contribution in [0.3, 0.4) is 0 Å². The molecular weight excluding hydrogens is 170 g/mol. The standard InChI is InChI=1S/C9H11NO3/c1-2-9(12)13-6-3-4-8(11)7(10)5-6/h3-5,11H,2,10H2,1H3. The third-order valence-corrected chi connectivity index (χ3v) is 1.52. The number of rotatable bonds is 2. The number of hydrogen-bond acceptors (Lipinski definition) is 4. The summed E-state index contributed by atoms with van der Waals surface area (Å²) in [6, 6.07) is 4.27. The molecule has 1 rings (SSSR count). The molecule has 4 heteroatoms. The van der Waals surface area contributed by atoms with Crippen LogP contribution in [0.2, 0.25) is 0 Å². The molecule has 4 nitrogen and oxygen atoms in total. The summed E-state index contributed by atoms with van der Waals surface area (Å²) >= 11 is 0. The smallest absolute Gasteiger partial charge is 0.310 e. The van der Waals surface area contributed by atoms with Crippen molar-refractivity contribution < 1.29 is 14.6 Å². The molecule has 0 bridgehead atoms. The van der Waals surface area contributed by atoms with E-state index >= 15 is 0 Å². The first-order chi connectivity index (χ1) is 6.13. The first-order valence-electron chi connectivity index (χ1n) is 3.92. The molecular formula is C9H11NO3. The molecule has 0 unspecified atom stereocenters. The first kappa shape index (κ1) is 9.38. The molecule has 3 N–H and O–H groups in total. The highest BCUT2D eigenvalue weighted by molar-refractivity contribution is 5.72. The molecule has 0 fully saturated rings. The molecule has 0 atom stereocenters. The van der Waals surface area contributed by atoms with Gasteiger partial charge in [0, 0.05) is 12.5 Å². The van der Waals surface area contributed by atoms with Gasteiger partial charge in [-0.15, -0.1) is 0 Å². The highest BCUT2D eigenvalue weighted by atomic mass is 16.5. The Labute approximate surface area is 75.9 Å². The van der Waals surface area contributed by atoms with E-state index in [1.54, 1.807) is 6.92 Å². The quantitative estimate of drug-likeness (QED) is 0.312. The van der Waals surface area contributed by atoms with Crippen LogP contribution >= 0.6 is 0 Å². The van der Waals surface area contributed by atoms with Gasteiger partial charge in [0.1, 0.15) is 11.5 Å². The minimum Gasteiger partial charge on any atom is -0.506 e. The molecule has 0 aliphatic heterocycles. The van der Waals surface area contributed by atoms with Gasteiger partial charge >= 0.3 is 5.97 Å². The van der Waals surface area contributed by atoms with E-state index in [-0.39, 0.29) is 17.4 Å². The molecule has 0 spiro atoms. The Morgan fingerprint density at radius 1 is 1.62 bits per heavy atom. The second-order valence-electron chi connectivity index (χ2n) is 2.55. The lowest BCUT2D eigenvalue weighted by atomic mass is 10.3. The monoisotopic (exact) mass is 181 g/mol. The molecule has 0 radical (unpaired) electrons. The van der Waals surface area contributed by atoms with Gasteiger partial charge in [0.25, 0.3) is 0 Å². The van der Waals surface area contributed by atoms with Crippen LogP contribution < -0.4 is 10.5 Å². The van der Waals surface area contributed by atoms with E-state index in [2.05, 4.69) is 0 Å². The average molecular weight is 181 g/mol. The van der Waals surface area contributed by atoms with Gasteiger partial charge in [-0.1, -0.05) is 6.92 Å². The van der Waals surface area contributed by atoms with Gasteiger partial charge in [0.05, 0.1) is 5.69 Å². The lowest BCUT2D eigenvalue weighted by molar-refractivity contribution is -0.134. The minimum absolute atomic E-state index is 0.0173. The summed E-state index contributed by atoms with van der Waals surface area (Å²) in [5.41, 5.74) is 5.59. The van der Waals surface area contributed by atoms with E-state index in [4.69, 9.17) is 15.6 Å².